The Hall–Kier alpha value is -1.55. The molecule has 1 aromatic rings. The first-order chi connectivity index (χ1) is 8.27. The lowest BCUT2D eigenvalue weighted by molar-refractivity contribution is -0.139. The highest BCUT2D eigenvalue weighted by Gasteiger charge is 2.29. The molecule has 0 aliphatic rings. The monoisotopic (exact) mass is 251 g/mol. The third-order valence-electron chi connectivity index (χ3n) is 3.13. The summed E-state index contributed by atoms with van der Waals surface area (Å²) in [6.45, 7) is 5.95. The number of nitrogens with two attached hydrogens (primary N) is 1. The highest BCUT2D eigenvalue weighted by atomic mass is 16.5. The van der Waals surface area contributed by atoms with E-state index >= 15 is 0 Å². The molecule has 0 aromatic heterocycles. The second-order valence-corrected chi connectivity index (χ2v) is 5.24. The molecule has 1 aromatic carbocycles. The van der Waals surface area contributed by atoms with Gasteiger partial charge in [-0.25, -0.2) is 0 Å². The number of benzene rings is 1. The number of aryl methyl sites for hydroxylation is 1. The number of ether oxygens (including phenoxy) is 1. The van der Waals surface area contributed by atoms with Gasteiger partial charge in [-0.05, 0) is 24.8 Å². The van der Waals surface area contributed by atoms with Crippen molar-refractivity contribution in [3.63, 3.8) is 0 Å². The predicted octanol–water partition coefficient (Wildman–Crippen LogP) is 2.08. The Labute approximate surface area is 108 Å². The zero-order chi connectivity index (χ0) is 13.9. The van der Waals surface area contributed by atoms with Crippen LogP contribution in [0.1, 0.15) is 31.4 Å². The van der Waals surface area contributed by atoms with E-state index < -0.39 is 12.0 Å². The molecule has 0 amide bonds. The molecule has 0 aliphatic carbocycles. The van der Waals surface area contributed by atoms with E-state index in [1.807, 2.05) is 39.0 Å². The van der Waals surface area contributed by atoms with E-state index in [-0.39, 0.29) is 5.41 Å². The van der Waals surface area contributed by atoms with Gasteiger partial charge in [0.25, 0.3) is 0 Å². The second kappa shape index (κ2) is 5.40. The van der Waals surface area contributed by atoms with Crippen molar-refractivity contribution in [3.8, 4) is 5.75 Å². The maximum absolute atomic E-state index is 10.9. The fourth-order valence-electron chi connectivity index (χ4n) is 2.10. The Kier molecular flexibility index (Phi) is 4.35. The second-order valence-electron chi connectivity index (χ2n) is 5.24. The van der Waals surface area contributed by atoms with Crippen molar-refractivity contribution in [1.29, 1.82) is 0 Å². The zero-order valence-corrected chi connectivity index (χ0v) is 11.4. The third kappa shape index (κ3) is 3.23. The minimum absolute atomic E-state index is 0.352. The molecule has 0 saturated carbocycles. The van der Waals surface area contributed by atoms with Crippen molar-refractivity contribution in [2.45, 2.75) is 38.6 Å². The molecule has 4 nitrogen and oxygen atoms in total. The van der Waals surface area contributed by atoms with Crippen LogP contribution < -0.4 is 10.5 Å². The van der Waals surface area contributed by atoms with Gasteiger partial charge in [0.1, 0.15) is 11.8 Å². The van der Waals surface area contributed by atoms with Crippen molar-refractivity contribution in [1.82, 2.24) is 0 Å². The maximum Gasteiger partial charge on any atom is 0.320 e. The van der Waals surface area contributed by atoms with Gasteiger partial charge in [-0.2, -0.15) is 0 Å². The van der Waals surface area contributed by atoms with Crippen molar-refractivity contribution in [3.05, 3.63) is 29.3 Å². The van der Waals surface area contributed by atoms with Gasteiger partial charge in [-0.1, -0.05) is 31.5 Å². The van der Waals surface area contributed by atoms with E-state index in [0.717, 1.165) is 16.9 Å². The van der Waals surface area contributed by atoms with Crippen LogP contribution in [0.3, 0.4) is 0 Å². The van der Waals surface area contributed by atoms with Crippen molar-refractivity contribution < 1.29 is 14.6 Å². The molecular weight excluding hydrogens is 230 g/mol. The van der Waals surface area contributed by atoms with Crippen molar-refractivity contribution in [2.75, 3.05) is 7.11 Å². The quantitative estimate of drug-likeness (QED) is 0.840. The summed E-state index contributed by atoms with van der Waals surface area (Å²) in [7, 11) is 1.61. The summed E-state index contributed by atoms with van der Waals surface area (Å²) in [5, 5.41) is 8.92. The summed E-state index contributed by atoms with van der Waals surface area (Å²) in [4.78, 5) is 10.9. The van der Waals surface area contributed by atoms with Gasteiger partial charge in [-0.3, -0.25) is 4.79 Å². The van der Waals surface area contributed by atoms with Gasteiger partial charge in [0.05, 0.1) is 7.11 Å². The topological polar surface area (TPSA) is 72.5 Å². The first-order valence-corrected chi connectivity index (χ1v) is 5.91. The minimum atomic E-state index is -0.977. The summed E-state index contributed by atoms with van der Waals surface area (Å²) in [5.41, 5.74) is 7.38. The van der Waals surface area contributed by atoms with Crippen molar-refractivity contribution >= 4 is 5.97 Å². The fraction of sp³-hybridized carbons (Fsp3) is 0.500. The minimum Gasteiger partial charge on any atom is -0.496 e. The van der Waals surface area contributed by atoms with Crippen LogP contribution in [-0.2, 0) is 10.2 Å². The van der Waals surface area contributed by atoms with Crippen LogP contribution in [0.5, 0.6) is 5.75 Å². The SMILES string of the molecule is COc1ccc(C)cc1C(C)(C)CC(N)C(=O)O. The first kappa shape index (κ1) is 14.5. The van der Waals surface area contributed by atoms with Crippen LogP contribution in [0.25, 0.3) is 0 Å². The third-order valence-corrected chi connectivity index (χ3v) is 3.13. The molecule has 0 spiro atoms. The Morgan fingerprint density at radius 3 is 2.61 bits per heavy atom. The Bertz CT molecular complexity index is 441. The average Bonchev–Trinajstić information content (AvgIpc) is 2.28. The van der Waals surface area contributed by atoms with Crippen molar-refractivity contribution in [2.24, 2.45) is 5.73 Å². The molecule has 18 heavy (non-hydrogen) atoms. The zero-order valence-electron chi connectivity index (χ0n) is 11.4. The van der Waals surface area contributed by atoms with E-state index in [0.29, 0.717) is 6.42 Å². The molecule has 1 unspecified atom stereocenters. The summed E-state index contributed by atoms with van der Waals surface area (Å²) >= 11 is 0. The van der Waals surface area contributed by atoms with Crippen LogP contribution in [-0.4, -0.2) is 24.2 Å². The number of carboxylic acids is 1. The lowest BCUT2D eigenvalue weighted by Crippen LogP contribution is -2.37. The standard InChI is InChI=1S/C14H21NO3/c1-9-5-6-12(18-4)10(7-9)14(2,3)8-11(15)13(16)17/h5-7,11H,8,15H2,1-4H3,(H,16,17). The highest BCUT2D eigenvalue weighted by molar-refractivity contribution is 5.73. The number of carbonyl (C=O) groups is 1. The molecule has 0 fully saturated rings. The normalized spacial score (nSPS) is 13.2. The molecule has 100 valence electrons. The molecule has 1 rings (SSSR count). The van der Waals surface area contributed by atoms with Crippen LogP contribution in [0.2, 0.25) is 0 Å². The van der Waals surface area contributed by atoms with E-state index in [9.17, 15) is 4.79 Å². The summed E-state index contributed by atoms with van der Waals surface area (Å²) < 4.78 is 5.34. The molecule has 0 saturated heterocycles. The number of methoxy groups -OCH3 is 1. The fourth-order valence-corrected chi connectivity index (χ4v) is 2.10. The van der Waals surface area contributed by atoms with Crippen LogP contribution in [0, 0.1) is 6.92 Å². The number of rotatable bonds is 5. The van der Waals surface area contributed by atoms with Gasteiger partial charge in [0, 0.05) is 5.56 Å². The first-order valence-electron chi connectivity index (χ1n) is 5.91. The molecular formula is C14H21NO3. The van der Waals surface area contributed by atoms with Gasteiger partial charge >= 0.3 is 5.97 Å². The van der Waals surface area contributed by atoms with Crippen LogP contribution >= 0.6 is 0 Å². The molecule has 0 aliphatic heterocycles. The largest absolute Gasteiger partial charge is 0.496 e. The van der Waals surface area contributed by atoms with E-state index in [1.54, 1.807) is 7.11 Å². The molecule has 0 heterocycles. The lowest BCUT2D eigenvalue weighted by Gasteiger charge is -2.29. The van der Waals surface area contributed by atoms with Gasteiger partial charge in [0.15, 0.2) is 0 Å². The van der Waals surface area contributed by atoms with E-state index in [2.05, 4.69) is 0 Å². The molecule has 1 atom stereocenters. The molecule has 4 heteroatoms. The van der Waals surface area contributed by atoms with Gasteiger partial charge < -0.3 is 15.6 Å². The van der Waals surface area contributed by atoms with E-state index in [1.165, 1.54) is 0 Å². The Balaban J connectivity index is 3.10. The number of hydrogen-bond acceptors (Lipinski definition) is 3. The predicted molar refractivity (Wildman–Crippen MR) is 71.0 cm³/mol. The maximum atomic E-state index is 10.9. The number of carboxylic acid groups (broad SMARTS) is 1. The highest BCUT2D eigenvalue weighted by Crippen LogP contribution is 2.35. The number of aliphatic carboxylic acids is 1. The van der Waals surface area contributed by atoms with Crippen LogP contribution in [0.15, 0.2) is 18.2 Å². The molecule has 0 bridgehead atoms. The lowest BCUT2D eigenvalue weighted by atomic mass is 9.78. The van der Waals surface area contributed by atoms with Gasteiger partial charge in [-0.15, -0.1) is 0 Å². The molecule has 0 radical (unpaired) electrons. The summed E-state index contributed by atoms with van der Waals surface area (Å²) in [5.74, 6) is -0.210. The summed E-state index contributed by atoms with van der Waals surface area (Å²) in [6, 6.07) is 5.02. The molecule has 3 N–H and O–H groups in total. The Morgan fingerprint density at radius 1 is 1.50 bits per heavy atom. The van der Waals surface area contributed by atoms with Crippen LogP contribution in [0.4, 0.5) is 0 Å². The van der Waals surface area contributed by atoms with E-state index in [4.69, 9.17) is 15.6 Å². The summed E-state index contributed by atoms with van der Waals surface area (Å²) in [6.07, 6.45) is 0.363. The Morgan fingerprint density at radius 2 is 2.11 bits per heavy atom. The average molecular weight is 251 g/mol. The smallest absolute Gasteiger partial charge is 0.320 e. The van der Waals surface area contributed by atoms with Gasteiger partial charge in [0.2, 0.25) is 0 Å². The number of hydrogen-bond donors (Lipinski definition) is 2.